The van der Waals surface area contributed by atoms with Crippen LogP contribution in [-0.4, -0.2) is 77.1 Å². The van der Waals surface area contributed by atoms with E-state index in [9.17, 15) is 4.79 Å². The molecule has 6 nitrogen and oxygen atoms in total. The van der Waals surface area contributed by atoms with Gasteiger partial charge in [0.05, 0.1) is 33.0 Å². The zero-order valence-corrected chi connectivity index (χ0v) is 25.0. The van der Waals surface area contributed by atoms with Crippen molar-refractivity contribution in [3.05, 3.63) is 95.1 Å². The lowest BCUT2D eigenvalue weighted by atomic mass is 9.88. The second kappa shape index (κ2) is 19.9. The Kier molecular flexibility index (Phi) is 16.5. The van der Waals surface area contributed by atoms with E-state index in [0.717, 1.165) is 25.3 Å². The molecule has 0 unspecified atom stereocenters. The molecule has 0 aliphatic rings. The number of ketones is 1. The lowest BCUT2D eigenvalue weighted by Gasteiger charge is -2.18. The number of hydrogen-bond acceptors (Lipinski definition) is 6. The van der Waals surface area contributed by atoms with E-state index in [2.05, 4.69) is 98.6 Å². The summed E-state index contributed by atoms with van der Waals surface area (Å²) in [5, 5.41) is 0. The number of hydrogen-bond donors (Lipinski definition) is 0. The van der Waals surface area contributed by atoms with Crippen LogP contribution in [-0.2, 0) is 19.0 Å². The number of carbonyl (C=O) groups is 1. The molecule has 6 heteroatoms. The molecular weight excluding hydrogens is 502 g/mol. The second-order valence-corrected chi connectivity index (χ2v) is 9.60. The number of carbonyl (C=O) groups excluding carboxylic acids is 1. The smallest absolute Gasteiger partial charge is 0.155 e. The first-order chi connectivity index (χ1) is 19.5. The molecule has 40 heavy (non-hydrogen) atoms. The monoisotopic (exact) mass is 549 g/mol. The molecule has 2 aromatic rings. The van der Waals surface area contributed by atoms with Crippen molar-refractivity contribution in [3.63, 3.8) is 0 Å². The van der Waals surface area contributed by atoms with E-state index < -0.39 is 0 Å². The van der Waals surface area contributed by atoms with Gasteiger partial charge < -0.3 is 23.8 Å². The van der Waals surface area contributed by atoms with Crippen LogP contribution in [0.1, 0.15) is 45.2 Å². The van der Waals surface area contributed by atoms with Crippen LogP contribution in [0, 0.1) is 0 Å². The maximum atomic E-state index is 10.8. The fourth-order valence-corrected chi connectivity index (χ4v) is 4.14. The summed E-state index contributed by atoms with van der Waals surface area (Å²) >= 11 is 0. The van der Waals surface area contributed by atoms with Crippen LogP contribution >= 0.6 is 0 Å². The molecule has 0 aliphatic heterocycles. The number of rotatable bonds is 20. The summed E-state index contributed by atoms with van der Waals surface area (Å²) in [5.41, 5.74) is 6.28. The summed E-state index contributed by atoms with van der Waals surface area (Å²) in [6.07, 6.45) is 7.29. The molecule has 2 aromatic carbocycles. The number of likely N-dealkylation sites (N-methyl/N-ethyl adjacent to an activating group) is 1. The van der Waals surface area contributed by atoms with Gasteiger partial charge in [-0.1, -0.05) is 67.6 Å². The van der Waals surface area contributed by atoms with Crippen LogP contribution in [0.5, 0.6) is 5.75 Å². The van der Waals surface area contributed by atoms with Crippen molar-refractivity contribution in [2.45, 2.75) is 34.1 Å². The third kappa shape index (κ3) is 12.9. The summed E-state index contributed by atoms with van der Waals surface area (Å²) in [5.74, 6) is 0.884. The standard InChI is InChI=1S/C34H47NO5/c1-6-8-12-28(3)33(7-2)34(30-13-10-9-11-14-30)31-15-17-32(18-16-31)40-22-20-35(5)19-21-37-23-24-38-25-26-39-27-29(4)36/h6,8-18H,7,19-27H2,1-5H3. The molecule has 0 saturated heterocycles. The van der Waals surface area contributed by atoms with Gasteiger partial charge in [0.15, 0.2) is 5.78 Å². The van der Waals surface area contributed by atoms with Gasteiger partial charge in [-0.15, -0.1) is 0 Å². The lowest BCUT2D eigenvalue weighted by Crippen LogP contribution is -2.28. The molecule has 0 fully saturated rings. The zero-order chi connectivity index (χ0) is 29.0. The first kappa shape index (κ1) is 33.2. The summed E-state index contributed by atoms with van der Waals surface area (Å²) in [4.78, 5) is 13.0. The maximum Gasteiger partial charge on any atom is 0.155 e. The predicted octanol–water partition coefficient (Wildman–Crippen LogP) is 6.37. The molecule has 0 N–H and O–H groups in total. The SMILES string of the molecule is CC=CC=C(C)C(CC)=C(c1ccccc1)c1ccc(OCCN(C)CCOCCOCCOCC(C)=O)cc1. The second-order valence-electron chi connectivity index (χ2n) is 9.60. The summed E-state index contributed by atoms with van der Waals surface area (Å²) in [7, 11) is 2.06. The summed E-state index contributed by atoms with van der Waals surface area (Å²) in [6, 6.07) is 19.0. The molecule has 0 bridgehead atoms. The third-order valence-electron chi connectivity index (χ3n) is 6.28. The molecule has 0 atom stereocenters. The van der Waals surface area contributed by atoms with E-state index in [1.54, 1.807) is 0 Å². The molecule has 0 spiro atoms. The van der Waals surface area contributed by atoms with Crippen LogP contribution in [0.15, 0.2) is 84.0 Å². The largest absolute Gasteiger partial charge is 0.492 e. The minimum atomic E-state index is 0.0192. The van der Waals surface area contributed by atoms with Crippen LogP contribution < -0.4 is 4.74 Å². The van der Waals surface area contributed by atoms with E-state index >= 15 is 0 Å². The number of benzene rings is 2. The number of allylic oxidation sites excluding steroid dienone is 5. The van der Waals surface area contributed by atoms with Crippen molar-refractivity contribution < 1.29 is 23.7 Å². The molecule has 0 amide bonds. The quantitative estimate of drug-likeness (QED) is 0.141. The molecule has 0 radical (unpaired) electrons. The van der Waals surface area contributed by atoms with Crippen molar-refractivity contribution in [3.8, 4) is 5.75 Å². The van der Waals surface area contributed by atoms with Gasteiger partial charge in [0.2, 0.25) is 0 Å². The van der Waals surface area contributed by atoms with Gasteiger partial charge >= 0.3 is 0 Å². The van der Waals surface area contributed by atoms with Gasteiger partial charge in [-0.3, -0.25) is 4.79 Å². The zero-order valence-electron chi connectivity index (χ0n) is 25.0. The highest BCUT2D eigenvalue weighted by Crippen LogP contribution is 2.33. The first-order valence-corrected chi connectivity index (χ1v) is 14.2. The first-order valence-electron chi connectivity index (χ1n) is 14.2. The molecular formula is C34H47NO5. The van der Waals surface area contributed by atoms with Gasteiger partial charge in [-0.25, -0.2) is 0 Å². The van der Waals surface area contributed by atoms with Crippen molar-refractivity contribution >= 4 is 11.4 Å². The highest BCUT2D eigenvalue weighted by molar-refractivity contribution is 5.84. The molecule has 0 aliphatic carbocycles. The lowest BCUT2D eigenvalue weighted by molar-refractivity contribution is -0.122. The van der Waals surface area contributed by atoms with Crippen LogP contribution in [0.2, 0.25) is 0 Å². The Morgan fingerprint density at radius 3 is 2.02 bits per heavy atom. The average molecular weight is 550 g/mol. The average Bonchev–Trinajstić information content (AvgIpc) is 2.96. The Bertz CT molecular complexity index is 1070. The normalized spacial score (nSPS) is 12.7. The Labute approximate surface area is 241 Å². The molecule has 0 saturated carbocycles. The predicted molar refractivity (Wildman–Crippen MR) is 164 cm³/mol. The number of ether oxygens (including phenoxy) is 4. The number of Topliss-reactive ketones (excluding diaryl/α,β-unsaturated/α-hetero) is 1. The highest BCUT2D eigenvalue weighted by atomic mass is 16.5. The Balaban J connectivity index is 1.81. The fraction of sp³-hybridized carbons (Fsp3) is 0.441. The van der Waals surface area contributed by atoms with E-state index in [0.29, 0.717) is 39.6 Å². The Hall–Kier alpha value is -3.03. The van der Waals surface area contributed by atoms with Gasteiger partial charge in [-0.05, 0) is 74.2 Å². The summed E-state index contributed by atoms with van der Waals surface area (Å²) in [6.45, 7) is 12.9. The Morgan fingerprint density at radius 1 is 0.800 bits per heavy atom. The minimum Gasteiger partial charge on any atom is -0.492 e. The van der Waals surface area contributed by atoms with E-state index in [-0.39, 0.29) is 12.4 Å². The van der Waals surface area contributed by atoms with Crippen molar-refractivity contribution in [1.82, 2.24) is 4.90 Å². The van der Waals surface area contributed by atoms with Crippen molar-refractivity contribution in [1.29, 1.82) is 0 Å². The fourth-order valence-electron chi connectivity index (χ4n) is 4.14. The van der Waals surface area contributed by atoms with Gasteiger partial charge in [-0.2, -0.15) is 0 Å². The minimum absolute atomic E-state index is 0.0192. The molecule has 218 valence electrons. The number of nitrogens with zero attached hydrogens (tertiary/aromatic N) is 1. The third-order valence-corrected chi connectivity index (χ3v) is 6.28. The van der Waals surface area contributed by atoms with Gasteiger partial charge in [0.25, 0.3) is 0 Å². The highest BCUT2D eigenvalue weighted by Gasteiger charge is 2.12. The van der Waals surface area contributed by atoms with Gasteiger partial charge in [0, 0.05) is 13.1 Å². The molecule has 2 rings (SSSR count). The summed E-state index contributed by atoms with van der Waals surface area (Å²) < 4.78 is 22.3. The topological polar surface area (TPSA) is 57.2 Å². The van der Waals surface area contributed by atoms with Crippen molar-refractivity contribution in [2.75, 3.05) is 66.4 Å². The van der Waals surface area contributed by atoms with Gasteiger partial charge in [0.1, 0.15) is 19.0 Å². The Morgan fingerprint density at radius 2 is 1.40 bits per heavy atom. The molecule has 0 heterocycles. The maximum absolute atomic E-state index is 10.8. The van der Waals surface area contributed by atoms with Crippen LogP contribution in [0.25, 0.3) is 5.57 Å². The van der Waals surface area contributed by atoms with E-state index in [1.807, 2.05) is 6.92 Å². The van der Waals surface area contributed by atoms with Crippen molar-refractivity contribution in [2.24, 2.45) is 0 Å². The molecule has 0 aromatic heterocycles. The van der Waals surface area contributed by atoms with E-state index in [1.165, 1.54) is 34.8 Å². The van der Waals surface area contributed by atoms with Crippen LogP contribution in [0.3, 0.4) is 0 Å². The van der Waals surface area contributed by atoms with E-state index in [4.69, 9.17) is 18.9 Å². The van der Waals surface area contributed by atoms with Crippen LogP contribution in [0.4, 0.5) is 0 Å².